The van der Waals surface area contributed by atoms with Crippen molar-refractivity contribution in [1.82, 2.24) is 4.90 Å². The average Bonchev–Trinajstić information content (AvgIpc) is 2.30. The van der Waals surface area contributed by atoms with Gasteiger partial charge in [-0.2, -0.15) is 0 Å². The lowest BCUT2D eigenvalue weighted by atomic mass is 9.82. The summed E-state index contributed by atoms with van der Waals surface area (Å²) < 4.78 is 0. The Balaban J connectivity index is 2.92. The van der Waals surface area contributed by atoms with Crippen LogP contribution in [0.4, 0.5) is 0 Å². The zero-order chi connectivity index (χ0) is 13.1. The molecule has 17 heavy (non-hydrogen) atoms. The number of hydrogen-bond acceptors (Lipinski definition) is 1. The molecule has 0 unspecified atom stereocenters. The van der Waals surface area contributed by atoms with Crippen molar-refractivity contribution >= 4 is 0 Å². The van der Waals surface area contributed by atoms with Crippen LogP contribution in [0.2, 0.25) is 0 Å². The lowest BCUT2D eigenvalue weighted by molar-refractivity contribution is -0.0405. The highest BCUT2D eigenvalue weighted by Gasteiger charge is 2.40. The average molecular weight is 239 g/mol. The third-order valence-electron chi connectivity index (χ3n) is 4.97. The molecule has 1 heteroatoms. The maximum absolute atomic E-state index is 2.85. The van der Waals surface area contributed by atoms with Gasteiger partial charge in [0.15, 0.2) is 0 Å². The minimum absolute atomic E-state index is 0.335. The maximum atomic E-state index is 2.85. The fourth-order valence-electron chi connectivity index (χ4n) is 3.49. The largest absolute Gasteiger partial charge is 0.290 e. The molecule has 0 bridgehead atoms. The highest BCUT2D eigenvalue weighted by Crippen LogP contribution is 2.37. The SMILES string of the molecule is CCC(C)(C)N(C1CCCCC1)C(C)(C)CC. The van der Waals surface area contributed by atoms with Crippen molar-refractivity contribution in [2.45, 2.75) is 104 Å². The predicted molar refractivity (Wildman–Crippen MR) is 77.5 cm³/mol. The summed E-state index contributed by atoms with van der Waals surface area (Å²) in [6, 6.07) is 0.814. The first-order valence-corrected chi connectivity index (χ1v) is 7.64. The second-order valence-electron chi connectivity index (χ2n) is 6.99. The van der Waals surface area contributed by atoms with Gasteiger partial charge in [-0.1, -0.05) is 33.1 Å². The molecule has 0 spiro atoms. The van der Waals surface area contributed by atoms with E-state index in [4.69, 9.17) is 0 Å². The van der Waals surface area contributed by atoms with Crippen molar-refractivity contribution in [3.05, 3.63) is 0 Å². The Morgan fingerprint density at radius 2 is 1.24 bits per heavy atom. The van der Waals surface area contributed by atoms with E-state index in [1.807, 2.05) is 0 Å². The minimum atomic E-state index is 0.335. The Bertz CT molecular complexity index is 208. The van der Waals surface area contributed by atoms with Crippen molar-refractivity contribution in [3.8, 4) is 0 Å². The Labute approximate surface area is 109 Å². The molecule has 1 aliphatic carbocycles. The topological polar surface area (TPSA) is 3.24 Å². The number of rotatable bonds is 5. The second kappa shape index (κ2) is 5.73. The maximum Gasteiger partial charge on any atom is 0.0158 e. The van der Waals surface area contributed by atoms with Gasteiger partial charge in [-0.15, -0.1) is 0 Å². The van der Waals surface area contributed by atoms with Gasteiger partial charge in [0, 0.05) is 17.1 Å². The summed E-state index contributed by atoms with van der Waals surface area (Å²) in [4.78, 5) is 2.85. The summed E-state index contributed by atoms with van der Waals surface area (Å²) in [5.41, 5.74) is 0.670. The zero-order valence-corrected chi connectivity index (χ0v) is 13.0. The van der Waals surface area contributed by atoms with Crippen LogP contribution in [0.15, 0.2) is 0 Å². The summed E-state index contributed by atoms with van der Waals surface area (Å²) in [7, 11) is 0. The van der Waals surface area contributed by atoms with Crippen LogP contribution in [0.25, 0.3) is 0 Å². The number of nitrogens with zero attached hydrogens (tertiary/aromatic N) is 1. The minimum Gasteiger partial charge on any atom is -0.290 e. The summed E-state index contributed by atoms with van der Waals surface area (Å²) in [5.74, 6) is 0. The van der Waals surface area contributed by atoms with Crippen molar-refractivity contribution in [3.63, 3.8) is 0 Å². The monoisotopic (exact) mass is 239 g/mol. The fourth-order valence-corrected chi connectivity index (χ4v) is 3.49. The molecule has 1 saturated carbocycles. The molecule has 1 aliphatic rings. The van der Waals surface area contributed by atoms with Gasteiger partial charge in [-0.05, 0) is 53.4 Å². The molecule has 0 aromatic carbocycles. The molecule has 1 fully saturated rings. The van der Waals surface area contributed by atoms with Gasteiger partial charge in [0.2, 0.25) is 0 Å². The van der Waals surface area contributed by atoms with Crippen LogP contribution >= 0.6 is 0 Å². The van der Waals surface area contributed by atoms with Crippen LogP contribution < -0.4 is 0 Å². The molecule has 1 rings (SSSR count). The van der Waals surface area contributed by atoms with Gasteiger partial charge in [0.05, 0.1) is 0 Å². The first-order valence-electron chi connectivity index (χ1n) is 7.64. The smallest absolute Gasteiger partial charge is 0.0158 e. The van der Waals surface area contributed by atoms with E-state index in [1.54, 1.807) is 0 Å². The standard InChI is InChI=1S/C16H33N/c1-7-15(3,4)17(16(5,6)8-2)14-12-10-9-11-13-14/h14H,7-13H2,1-6H3. The Kier molecular flexibility index (Phi) is 5.07. The van der Waals surface area contributed by atoms with Crippen molar-refractivity contribution in [2.24, 2.45) is 0 Å². The molecule has 0 aromatic rings. The second-order valence-corrected chi connectivity index (χ2v) is 6.99. The van der Waals surface area contributed by atoms with E-state index in [2.05, 4.69) is 46.4 Å². The van der Waals surface area contributed by atoms with E-state index in [9.17, 15) is 0 Å². The molecule has 102 valence electrons. The van der Waals surface area contributed by atoms with E-state index in [0.717, 1.165) is 6.04 Å². The summed E-state index contributed by atoms with van der Waals surface area (Å²) >= 11 is 0. The van der Waals surface area contributed by atoms with Crippen molar-refractivity contribution in [2.75, 3.05) is 0 Å². The lowest BCUT2D eigenvalue weighted by Gasteiger charge is -2.53. The zero-order valence-electron chi connectivity index (χ0n) is 13.0. The Morgan fingerprint density at radius 3 is 1.59 bits per heavy atom. The van der Waals surface area contributed by atoms with Gasteiger partial charge in [0.25, 0.3) is 0 Å². The van der Waals surface area contributed by atoms with Crippen LogP contribution in [0, 0.1) is 0 Å². The first-order chi connectivity index (χ1) is 7.85. The Hall–Kier alpha value is -0.0400. The Morgan fingerprint density at radius 1 is 0.824 bits per heavy atom. The van der Waals surface area contributed by atoms with Crippen LogP contribution in [0.5, 0.6) is 0 Å². The van der Waals surface area contributed by atoms with E-state index < -0.39 is 0 Å². The molecular formula is C16H33N. The molecule has 1 nitrogen and oxygen atoms in total. The molecule has 0 N–H and O–H groups in total. The van der Waals surface area contributed by atoms with E-state index in [1.165, 1.54) is 44.9 Å². The molecule has 0 atom stereocenters. The highest BCUT2D eigenvalue weighted by molar-refractivity contribution is 4.96. The van der Waals surface area contributed by atoms with E-state index in [0.29, 0.717) is 11.1 Å². The molecule has 0 heterocycles. The third kappa shape index (κ3) is 3.47. The molecule has 0 aromatic heterocycles. The quantitative estimate of drug-likeness (QED) is 0.652. The van der Waals surface area contributed by atoms with Crippen LogP contribution in [-0.4, -0.2) is 22.0 Å². The third-order valence-corrected chi connectivity index (χ3v) is 4.97. The molecule has 0 saturated heterocycles. The number of hydrogen-bond donors (Lipinski definition) is 0. The van der Waals surface area contributed by atoms with Gasteiger partial charge >= 0.3 is 0 Å². The van der Waals surface area contributed by atoms with Crippen LogP contribution in [0.3, 0.4) is 0 Å². The van der Waals surface area contributed by atoms with Gasteiger partial charge in [0.1, 0.15) is 0 Å². The van der Waals surface area contributed by atoms with Crippen LogP contribution in [-0.2, 0) is 0 Å². The summed E-state index contributed by atoms with van der Waals surface area (Å²) in [5, 5.41) is 0. The van der Waals surface area contributed by atoms with E-state index >= 15 is 0 Å². The van der Waals surface area contributed by atoms with Crippen molar-refractivity contribution < 1.29 is 0 Å². The van der Waals surface area contributed by atoms with E-state index in [-0.39, 0.29) is 0 Å². The first kappa shape index (κ1) is 15.0. The highest BCUT2D eigenvalue weighted by atomic mass is 15.3. The predicted octanol–water partition coefficient (Wildman–Crippen LogP) is 5.00. The fraction of sp³-hybridized carbons (Fsp3) is 1.00. The molecule has 0 aliphatic heterocycles. The van der Waals surface area contributed by atoms with Gasteiger partial charge in [-0.3, -0.25) is 4.90 Å². The summed E-state index contributed by atoms with van der Waals surface area (Å²) in [6.45, 7) is 14.4. The molecular weight excluding hydrogens is 206 g/mol. The van der Waals surface area contributed by atoms with Crippen LogP contribution in [0.1, 0.15) is 86.5 Å². The molecule has 0 radical (unpaired) electrons. The summed E-state index contributed by atoms with van der Waals surface area (Å²) in [6.07, 6.45) is 9.62. The van der Waals surface area contributed by atoms with Gasteiger partial charge in [-0.25, -0.2) is 0 Å². The normalized spacial score (nSPS) is 19.9. The van der Waals surface area contributed by atoms with Crippen molar-refractivity contribution in [1.29, 1.82) is 0 Å². The lowest BCUT2D eigenvalue weighted by Crippen LogP contribution is -2.60. The van der Waals surface area contributed by atoms with Gasteiger partial charge < -0.3 is 0 Å². The molecule has 0 amide bonds.